The maximum Gasteiger partial charge on any atom is 0.0741 e. The molecule has 1 unspecified atom stereocenters. The summed E-state index contributed by atoms with van der Waals surface area (Å²) < 4.78 is 0. The summed E-state index contributed by atoms with van der Waals surface area (Å²) in [5, 5.41) is 1.73. The highest BCUT2D eigenvalue weighted by Gasteiger charge is 2.14. The Morgan fingerprint density at radius 2 is 1.71 bits per heavy atom. The molecule has 1 aromatic carbocycles. The zero-order chi connectivity index (χ0) is 12.4. The van der Waals surface area contributed by atoms with E-state index < -0.39 is 6.04 Å². The van der Waals surface area contributed by atoms with Crippen molar-refractivity contribution in [2.45, 2.75) is 6.04 Å². The summed E-state index contributed by atoms with van der Waals surface area (Å²) in [5.41, 5.74) is 7.52. The molecule has 5 heteroatoms. The van der Waals surface area contributed by atoms with E-state index in [1.165, 1.54) is 0 Å². The van der Waals surface area contributed by atoms with E-state index >= 15 is 0 Å². The number of rotatable bonds is 2. The van der Waals surface area contributed by atoms with Crippen molar-refractivity contribution < 1.29 is 0 Å². The molecule has 17 heavy (non-hydrogen) atoms. The summed E-state index contributed by atoms with van der Waals surface area (Å²) in [5.74, 6) is 0. The standard InChI is InChI=1S/C12H9Cl3N2/c13-7-1-3-10(15)9(5-7)12(16)11-4-2-8(14)6-17-11/h1-6,12H,16H2. The van der Waals surface area contributed by atoms with Gasteiger partial charge in [0.05, 0.1) is 16.8 Å². The lowest BCUT2D eigenvalue weighted by Gasteiger charge is -2.13. The fourth-order valence-electron chi connectivity index (χ4n) is 1.48. The van der Waals surface area contributed by atoms with E-state index in [9.17, 15) is 0 Å². The number of hydrogen-bond donors (Lipinski definition) is 1. The van der Waals surface area contributed by atoms with Crippen LogP contribution in [0.1, 0.15) is 17.3 Å². The van der Waals surface area contributed by atoms with Gasteiger partial charge in [0.1, 0.15) is 0 Å². The monoisotopic (exact) mass is 286 g/mol. The van der Waals surface area contributed by atoms with Crippen LogP contribution in [0.2, 0.25) is 15.1 Å². The van der Waals surface area contributed by atoms with E-state index in [1.807, 2.05) is 0 Å². The Morgan fingerprint density at radius 3 is 2.35 bits per heavy atom. The minimum absolute atomic E-state index is 0.418. The van der Waals surface area contributed by atoms with Crippen LogP contribution >= 0.6 is 34.8 Å². The van der Waals surface area contributed by atoms with Crippen LogP contribution in [0.15, 0.2) is 36.5 Å². The van der Waals surface area contributed by atoms with E-state index in [0.717, 1.165) is 5.56 Å². The Bertz CT molecular complexity index is 526. The SMILES string of the molecule is NC(c1ccc(Cl)cn1)c1cc(Cl)ccc1Cl. The lowest BCUT2D eigenvalue weighted by Crippen LogP contribution is -2.13. The molecule has 0 spiro atoms. The van der Waals surface area contributed by atoms with Gasteiger partial charge < -0.3 is 5.73 Å². The molecular formula is C12H9Cl3N2. The summed E-state index contributed by atoms with van der Waals surface area (Å²) in [7, 11) is 0. The van der Waals surface area contributed by atoms with Crippen molar-refractivity contribution in [1.82, 2.24) is 4.98 Å². The Morgan fingerprint density at radius 1 is 1.00 bits per heavy atom. The van der Waals surface area contributed by atoms with Crippen LogP contribution in [-0.2, 0) is 0 Å². The van der Waals surface area contributed by atoms with Gasteiger partial charge in [-0.25, -0.2) is 0 Å². The molecule has 0 saturated carbocycles. The molecule has 0 aliphatic heterocycles. The highest BCUT2D eigenvalue weighted by Crippen LogP contribution is 2.28. The van der Waals surface area contributed by atoms with E-state index in [-0.39, 0.29) is 0 Å². The molecule has 2 nitrogen and oxygen atoms in total. The first kappa shape index (κ1) is 12.7. The van der Waals surface area contributed by atoms with Crippen LogP contribution < -0.4 is 5.73 Å². The molecule has 0 radical (unpaired) electrons. The summed E-state index contributed by atoms with van der Waals surface area (Å²) in [6, 6.07) is 8.26. The predicted molar refractivity (Wildman–Crippen MR) is 71.7 cm³/mol. The second-order valence-electron chi connectivity index (χ2n) is 3.54. The molecular weight excluding hydrogens is 279 g/mol. The second kappa shape index (κ2) is 5.23. The molecule has 0 bridgehead atoms. The maximum absolute atomic E-state index is 6.09. The minimum atomic E-state index is -0.418. The first-order valence-corrected chi connectivity index (χ1v) is 6.03. The maximum atomic E-state index is 6.09. The lowest BCUT2D eigenvalue weighted by molar-refractivity contribution is 0.829. The number of halogens is 3. The first-order valence-electron chi connectivity index (χ1n) is 4.90. The zero-order valence-corrected chi connectivity index (χ0v) is 11.0. The van der Waals surface area contributed by atoms with Gasteiger partial charge in [-0.15, -0.1) is 0 Å². The molecule has 0 saturated heterocycles. The summed E-state index contributed by atoms with van der Waals surface area (Å²) in [4.78, 5) is 4.17. The van der Waals surface area contributed by atoms with Crippen LogP contribution in [0.25, 0.3) is 0 Å². The number of benzene rings is 1. The number of pyridine rings is 1. The van der Waals surface area contributed by atoms with E-state index in [2.05, 4.69) is 4.98 Å². The van der Waals surface area contributed by atoms with Crippen molar-refractivity contribution >= 4 is 34.8 Å². The summed E-state index contributed by atoms with van der Waals surface area (Å²) in [6.07, 6.45) is 1.55. The molecule has 88 valence electrons. The quantitative estimate of drug-likeness (QED) is 0.903. The molecule has 0 amide bonds. The van der Waals surface area contributed by atoms with Gasteiger partial charge in [-0.2, -0.15) is 0 Å². The largest absolute Gasteiger partial charge is 0.319 e. The highest BCUT2D eigenvalue weighted by atomic mass is 35.5. The van der Waals surface area contributed by atoms with E-state index in [0.29, 0.717) is 20.8 Å². The number of nitrogens with two attached hydrogens (primary N) is 1. The van der Waals surface area contributed by atoms with Crippen molar-refractivity contribution in [1.29, 1.82) is 0 Å². The molecule has 1 aromatic heterocycles. The molecule has 0 aliphatic carbocycles. The normalized spacial score (nSPS) is 12.5. The van der Waals surface area contributed by atoms with Gasteiger partial charge in [0.2, 0.25) is 0 Å². The zero-order valence-electron chi connectivity index (χ0n) is 8.70. The van der Waals surface area contributed by atoms with Crippen LogP contribution in [-0.4, -0.2) is 4.98 Å². The molecule has 2 N–H and O–H groups in total. The number of nitrogens with zero attached hydrogens (tertiary/aromatic N) is 1. The Hall–Kier alpha value is -0.800. The molecule has 2 aromatic rings. The van der Waals surface area contributed by atoms with Crippen LogP contribution in [0.5, 0.6) is 0 Å². The molecule has 2 rings (SSSR count). The predicted octanol–water partition coefficient (Wildman–Crippen LogP) is 4.09. The van der Waals surface area contributed by atoms with Gasteiger partial charge in [0.15, 0.2) is 0 Å². The Balaban J connectivity index is 2.39. The highest BCUT2D eigenvalue weighted by molar-refractivity contribution is 6.33. The fraction of sp³-hybridized carbons (Fsp3) is 0.0833. The van der Waals surface area contributed by atoms with Gasteiger partial charge >= 0.3 is 0 Å². The first-order chi connectivity index (χ1) is 8.08. The van der Waals surface area contributed by atoms with Gasteiger partial charge in [0, 0.05) is 16.2 Å². The van der Waals surface area contributed by atoms with E-state index in [4.69, 9.17) is 40.5 Å². The fourth-order valence-corrected chi connectivity index (χ4v) is 2.01. The van der Waals surface area contributed by atoms with Gasteiger partial charge in [-0.3, -0.25) is 4.98 Å². The average molecular weight is 288 g/mol. The topological polar surface area (TPSA) is 38.9 Å². The number of aromatic nitrogens is 1. The van der Waals surface area contributed by atoms with Crippen molar-refractivity contribution in [3.63, 3.8) is 0 Å². The van der Waals surface area contributed by atoms with Crippen molar-refractivity contribution in [3.05, 3.63) is 62.9 Å². The average Bonchev–Trinajstić information content (AvgIpc) is 2.32. The third-order valence-corrected chi connectivity index (χ3v) is 3.16. The Kier molecular flexibility index (Phi) is 3.89. The van der Waals surface area contributed by atoms with Gasteiger partial charge in [-0.1, -0.05) is 34.8 Å². The van der Waals surface area contributed by atoms with Gasteiger partial charge in [-0.05, 0) is 35.9 Å². The third kappa shape index (κ3) is 2.90. The van der Waals surface area contributed by atoms with Crippen LogP contribution in [0.3, 0.4) is 0 Å². The molecule has 1 heterocycles. The lowest BCUT2D eigenvalue weighted by atomic mass is 10.0. The van der Waals surface area contributed by atoms with Crippen molar-refractivity contribution in [2.75, 3.05) is 0 Å². The molecule has 0 aliphatic rings. The third-order valence-electron chi connectivity index (χ3n) is 2.36. The molecule has 1 atom stereocenters. The van der Waals surface area contributed by atoms with Crippen LogP contribution in [0, 0.1) is 0 Å². The van der Waals surface area contributed by atoms with Gasteiger partial charge in [0.25, 0.3) is 0 Å². The minimum Gasteiger partial charge on any atom is -0.319 e. The smallest absolute Gasteiger partial charge is 0.0741 e. The van der Waals surface area contributed by atoms with E-state index in [1.54, 1.807) is 36.5 Å². The van der Waals surface area contributed by atoms with Crippen LogP contribution in [0.4, 0.5) is 0 Å². The van der Waals surface area contributed by atoms with Crippen molar-refractivity contribution in [3.8, 4) is 0 Å². The molecule has 0 fully saturated rings. The Labute approximate surface area is 114 Å². The number of hydrogen-bond acceptors (Lipinski definition) is 2. The summed E-state index contributed by atoms with van der Waals surface area (Å²) >= 11 is 17.8. The van der Waals surface area contributed by atoms with Crippen molar-refractivity contribution in [2.24, 2.45) is 5.73 Å². The second-order valence-corrected chi connectivity index (χ2v) is 4.82. The summed E-state index contributed by atoms with van der Waals surface area (Å²) in [6.45, 7) is 0.